The first-order chi connectivity index (χ1) is 20.1. The van der Waals surface area contributed by atoms with Crippen LogP contribution in [0.4, 0.5) is 16.3 Å². The molecule has 41 heavy (non-hydrogen) atoms. The Morgan fingerprint density at radius 1 is 0.854 bits per heavy atom. The van der Waals surface area contributed by atoms with Crippen LogP contribution in [0.2, 0.25) is 0 Å². The van der Waals surface area contributed by atoms with E-state index in [1.165, 1.54) is 16.5 Å². The van der Waals surface area contributed by atoms with Gasteiger partial charge in [-0.3, -0.25) is 9.69 Å². The molecular weight excluding hydrogens is 516 g/mol. The Morgan fingerprint density at radius 2 is 1.66 bits per heavy atom. The van der Waals surface area contributed by atoms with E-state index < -0.39 is 6.09 Å². The van der Waals surface area contributed by atoms with Crippen LogP contribution in [0.15, 0.2) is 54.6 Å². The number of imide groups is 1. The van der Waals surface area contributed by atoms with Gasteiger partial charge >= 0.3 is 6.09 Å². The summed E-state index contributed by atoms with van der Waals surface area (Å²) < 4.78 is 11.3. The van der Waals surface area contributed by atoms with Crippen LogP contribution in [0, 0.1) is 0 Å². The SMILES string of the molecule is CCCCCCOC(=O)N1C(=O)CCc2ccc(OCCCCN3CCN(c4cccc5ccccc45)CC3)nc21. The monoisotopic (exact) mass is 558 g/mol. The molecule has 1 aromatic heterocycles. The van der Waals surface area contributed by atoms with E-state index in [9.17, 15) is 9.59 Å². The normalized spacial score (nSPS) is 15.7. The van der Waals surface area contributed by atoms with Crippen molar-refractivity contribution in [3.05, 3.63) is 60.2 Å². The third-order valence-corrected chi connectivity index (χ3v) is 8.00. The summed E-state index contributed by atoms with van der Waals surface area (Å²) in [5.41, 5.74) is 2.19. The number of fused-ring (bicyclic) bond motifs is 2. The second kappa shape index (κ2) is 14.3. The minimum Gasteiger partial charge on any atom is -0.478 e. The number of ether oxygens (including phenoxy) is 2. The Labute approximate surface area is 243 Å². The number of anilines is 2. The molecule has 3 heterocycles. The maximum Gasteiger partial charge on any atom is 0.422 e. The van der Waals surface area contributed by atoms with Crippen molar-refractivity contribution in [2.75, 3.05) is 55.7 Å². The molecule has 2 aromatic carbocycles. The summed E-state index contributed by atoms with van der Waals surface area (Å²) in [6.45, 7) is 8.18. The summed E-state index contributed by atoms with van der Waals surface area (Å²) in [5.74, 6) is 0.505. The fourth-order valence-corrected chi connectivity index (χ4v) is 5.65. The predicted octanol–water partition coefficient (Wildman–Crippen LogP) is 6.21. The molecule has 0 spiro atoms. The van der Waals surface area contributed by atoms with Gasteiger partial charge in [-0.25, -0.2) is 4.79 Å². The summed E-state index contributed by atoms with van der Waals surface area (Å²) >= 11 is 0. The van der Waals surface area contributed by atoms with Gasteiger partial charge < -0.3 is 14.4 Å². The predicted molar refractivity (Wildman–Crippen MR) is 163 cm³/mol. The molecule has 0 radical (unpaired) electrons. The Hall–Kier alpha value is -3.65. The number of rotatable bonds is 12. The van der Waals surface area contributed by atoms with Gasteiger partial charge in [0.1, 0.15) is 0 Å². The van der Waals surface area contributed by atoms with Crippen molar-refractivity contribution >= 4 is 34.3 Å². The number of pyridine rings is 1. The molecule has 2 aliphatic heterocycles. The lowest BCUT2D eigenvalue weighted by Crippen LogP contribution is -2.46. The van der Waals surface area contributed by atoms with Crippen molar-refractivity contribution in [3.8, 4) is 5.88 Å². The largest absolute Gasteiger partial charge is 0.478 e. The van der Waals surface area contributed by atoms with Crippen LogP contribution in [0.3, 0.4) is 0 Å². The fourth-order valence-electron chi connectivity index (χ4n) is 5.65. The zero-order valence-corrected chi connectivity index (χ0v) is 24.2. The lowest BCUT2D eigenvalue weighted by molar-refractivity contribution is -0.118. The first-order valence-electron chi connectivity index (χ1n) is 15.2. The Kier molecular flexibility index (Phi) is 10.1. The molecule has 0 N–H and O–H groups in total. The lowest BCUT2D eigenvalue weighted by atomic mass is 10.1. The van der Waals surface area contributed by atoms with Gasteiger partial charge in [0.2, 0.25) is 11.8 Å². The highest BCUT2D eigenvalue weighted by atomic mass is 16.6. The number of hydrogen-bond donors (Lipinski definition) is 0. The van der Waals surface area contributed by atoms with Gasteiger partial charge in [-0.15, -0.1) is 0 Å². The molecule has 2 amide bonds. The number of amides is 2. The number of aryl methyl sites for hydroxylation is 1. The van der Waals surface area contributed by atoms with Crippen LogP contribution < -0.4 is 14.5 Å². The maximum atomic E-state index is 12.7. The van der Waals surface area contributed by atoms with Gasteiger partial charge in [0.25, 0.3) is 0 Å². The molecule has 218 valence electrons. The van der Waals surface area contributed by atoms with Crippen molar-refractivity contribution in [3.63, 3.8) is 0 Å². The van der Waals surface area contributed by atoms with Gasteiger partial charge in [0.05, 0.1) is 13.2 Å². The molecule has 1 saturated heterocycles. The molecule has 0 saturated carbocycles. The molecule has 1 fully saturated rings. The third-order valence-electron chi connectivity index (χ3n) is 8.00. The first kappa shape index (κ1) is 28.9. The number of hydrogen-bond acceptors (Lipinski definition) is 7. The van der Waals surface area contributed by atoms with E-state index >= 15 is 0 Å². The fraction of sp³-hybridized carbons (Fsp3) is 0.485. The van der Waals surface area contributed by atoms with Gasteiger partial charge in [0, 0.05) is 49.7 Å². The number of benzene rings is 2. The zero-order chi connectivity index (χ0) is 28.4. The first-order valence-corrected chi connectivity index (χ1v) is 15.2. The van der Waals surface area contributed by atoms with Crippen molar-refractivity contribution in [1.29, 1.82) is 0 Å². The topological polar surface area (TPSA) is 75.2 Å². The van der Waals surface area contributed by atoms with Gasteiger partial charge in [0.15, 0.2) is 5.82 Å². The highest BCUT2D eigenvalue weighted by molar-refractivity contribution is 6.13. The number of carbonyl (C=O) groups excluding carboxylic acids is 2. The van der Waals surface area contributed by atoms with Crippen molar-refractivity contribution in [1.82, 2.24) is 9.88 Å². The second-order valence-electron chi connectivity index (χ2n) is 10.9. The average molecular weight is 559 g/mol. The molecule has 0 bridgehead atoms. The molecule has 0 atom stereocenters. The molecule has 8 nitrogen and oxygen atoms in total. The van der Waals surface area contributed by atoms with E-state index in [0.717, 1.165) is 81.7 Å². The van der Waals surface area contributed by atoms with E-state index in [-0.39, 0.29) is 12.3 Å². The van der Waals surface area contributed by atoms with Crippen molar-refractivity contribution in [2.45, 2.75) is 58.3 Å². The quantitative estimate of drug-likeness (QED) is 0.245. The lowest BCUT2D eigenvalue weighted by Gasteiger charge is -2.36. The number of piperazine rings is 1. The summed E-state index contributed by atoms with van der Waals surface area (Å²) in [7, 11) is 0. The number of unbranched alkanes of at least 4 members (excludes halogenated alkanes) is 4. The van der Waals surface area contributed by atoms with Crippen LogP contribution in [0.5, 0.6) is 5.88 Å². The van der Waals surface area contributed by atoms with Crippen molar-refractivity contribution < 1.29 is 19.1 Å². The smallest absolute Gasteiger partial charge is 0.422 e. The minimum absolute atomic E-state index is 0.274. The van der Waals surface area contributed by atoms with E-state index in [1.807, 2.05) is 12.1 Å². The van der Waals surface area contributed by atoms with Crippen LogP contribution >= 0.6 is 0 Å². The molecular formula is C33H42N4O4. The Morgan fingerprint density at radius 3 is 2.51 bits per heavy atom. The van der Waals surface area contributed by atoms with E-state index in [1.54, 1.807) is 0 Å². The Balaban J connectivity index is 1.05. The molecule has 3 aromatic rings. The van der Waals surface area contributed by atoms with Crippen LogP contribution in [0.1, 0.15) is 57.4 Å². The number of aromatic nitrogens is 1. The molecule has 0 unspecified atom stereocenters. The van der Waals surface area contributed by atoms with Gasteiger partial charge in [-0.2, -0.15) is 9.88 Å². The van der Waals surface area contributed by atoms with E-state index in [4.69, 9.17) is 9.47 Å². The molecule has 0 aliphatic carbocycles. The maximum absolute atomic E-state index is 12.7. The summed E-state index contributed by atoms with van der Waals surface area (Å²) in [5, 5.41) is 2.61. The Bertz CT molecular complexity index is 1320. The molecule has 2 aliphatic rings. The standard InChI is InChI=1S/C33H42N4O4/c1-2-3-4-8-25-41-33(39)37-31(38)18-16-27-15-17-30(34-32(27)37)40-24-9-7-19-35-20-22-36(23-21-35)29-14-10-12-26-11-5-6-13-28(26)29/h5-6,10-15,17H,2-4,7-9,16,18-25H2,1H3. The van der Waals surface area contributed by atoms with Crippen LogP contribution in [-0.2, 0) is 16.0 Å². The van der Waals surface area contributed by atoms with Gasteiger partial charge in [-0.1, -0.05) is 62.6 Å². The van der Waals surface area contributed by atoms with E-state index in [2.05, 4.69) is 64.2 Å². The number of nitrogens with zero attached hydrogens (tertiary/aromatic N) is 4. The highest BCUT2D eigenvalue weighted by Gasteiger charge is 2.32. The minimum atomic E-state index is -0.641. The second-order valence-corrected chi connectivity index (χ2v) is 10.9. The van der Waals surface area contributed by atoms with Crippen LogP contribution in [-0.4, -0.2) is 67.8 Å². The van der Waals surface area contributed by atoms with Gasteiger partial charge in [-0.05, 0) is 55.3 Å². The third kappa shape index (κ3) is 7.36. The summed E-state index contributed by atoms with van der Waals surface area (Å²) in [6.07, 6.45) is 6.16. The summed E-state index contributed by atoms with van der Waals surface area (Å²) in [6, 6.07) is 18.9. The highest BCUT2D eigenvalue weighted by Crippen LogP contribution is 2.30. The van der Waals surface area contributed by atoms with E-state index in [0.29, 0.717) is 31.3 Å². The molecule has 8 heteroatoms. The average Bonchev–Trinajstić information content (AvgIpc) is 3.00. The van der Waals surface area contributed by atoms with Crippen molar-refractivity contribution in [2.24, 2.45) is 0 Å². The molecule has 5 rings (SSSR count). The summed E-state index contributed by atoms with van der Waals surface area (Å²) in [4.78, 5) is 36.0. The van der Waals surface area contributed by atoms with Crippen LogP contribution in [0.25, 0.3) is 10.8 Å². The zero-order valence-electron chi connectivity index (χ0n) is 24.2. The number of carbonyl (C=O) groups is 2.